The Morgan fingerprint density at radius 3 is 3.00 bits per heavy atom. The summed E-state index contributed by atoms with van der Waals surface area (Å²) in [5, 5.41) is 0. The molecule has 0 aromatic carbocycles. The summed E-state index contributed by atoms with van der Waals surface area (Å²) < 4.78 is 0. The van der Waals surface area contributed by atoms with E-state index >= 15 is 0 Å². The second kappa shape index (κ2) is 3.16. The molecule has 0 spiro atoms. The number of rotatable bonds is 2. The molecule has 1 rings (SSSR count). The number of ketones is 1. The first-order valence-corrected chi connectivity index (χ1v) is 3.21. The Labute approximate surface area is 60.7 Å². The van der Waals surface area contributed by atoms with Gasteiger partial charge in [0.25, 0.3) is 0 Å². The molecule has 0 saturated heterocycles. The maximum absolute atomic E-state index is 10.9. The van der Waals surface area contributed by atoms with Gasteiger partial charge in [-0.25, -0.2) is 0 Å². The Morgan fingerprint density at radius 2 is 2.50 bits per heavy atom. The molecule has 0 aliphatic heterocycles. The monoisotopic (exact) mass is 133 g/mol. The maximum atomic E-state index is 10.9. The van der Waals surface area contributed by atoms with Crippen molar-refractivity contribution in [1.29, 1.82) is 0 Å². The van der Waals surface area contributed by atoms with Crippen LogP contribution in [-0.4, -0.2) is 5.78 Å². The summed E-state index contributed by atoms with van der Waals surface area (Å²) in [5.74, 6) is 0.00403. The van der Waals surface area contributed by atoms with Gasteiger partial charge in [-0.2, -0.15) is 0 Å². The van der Waals surface area contributed by atoms with Crippen LogP contribution in [0.25, 0.3) is 0 Å². The zero-order valence-corrected chi connectivity index (χ0v) is 5.71. The fourth-order valence-corrected chi connectivity index (χ4v) is 0.814. The van der Waals surface area contributed by atoms with Crippen molar-refractivity contribution in [2.45, 2.75) is 6.42 Å². The number of hydrogen-bond donors (Lipinski definition) is 0. The summed E-state index contributed by atoms with van der Waals surface area (Å²) in [6.45, 7) is 3.40. The van der Waals surface area contributed by atoms with Crippen LogP contribution in [0.5, 0.6) is 0 Å². The largest absolute Gasteiger partial charge is 0.290 e. The Bertz CT molecular complexity index is 209. The van der Waals surface area contributed by atoms with E-state index in [1.54, 1.807) is 6.08 Å². The fraction of sp³-hybridized carbons (Fsp3) is 0.111. The van der Waals surface area contributed by atoms with Crippen molar-refractivity contribution in [2.75, 3.05) is 0 Å². The van der Waals surface area contributed by atoms with E-state index in [1.807, 2.05) is 18.6 Å². The van der Waals surface area contributed by atoms with E-state index in [2.05, 4.69) is 6.58 Å². The molecule has 1 nitrogen and oxygen atoms in total. The van der Waals surface area contributed by atoms with Gasteiger partial charge in [-0.15, -0.1) is 0 Å². The first-order chi connectivity index (χ1) is 4.84. The van der Waals surface area contributed by atoms with Crippen LogP contribution in [0.15, 0.2) is 36.5 Å². The van der Waals surface area contributed by atoms with Crippen LogP contribution >= 0.6 is 0 Å². The van der Waals surface area contributed by atoms with Gasteiger partial charge in [0.2, 0.25) is 0 Å². The molecule has 0 aromatic heterocycles. The average molecular weight is 133 g/mol. The number of carbonyl (C=O) groups is 1. The zero-order chi connectivity index (χ0) is 7.40. The third kappa shape index (κ3) is 1.44. The van der Waals surface area contributed by atoms with Crippen molar-refractivity contribution in [3.8, 4) is 0 Å². The minimum atomic E-state index is 0.00403. The molecular formula is C9H9O. The van der Waals surface area contributed by atoms with Gasteiger partial charge in [-0.1, -0.05) is 24.8 Å². The quantitative estimate of drug-likeness (QED) is 0.525. The molecule has 0 aromatic rings. The summed E-state index contributed by atoms with van der Waals surface area (Å²) in [5.41, 5.74) is 0.748. The molecule has 1 aliphatic rings. The molecule has 0 bridgehead atoms. The highest BCUT2D eigenvalue weighted by Crippen LogP contribution is 2.11. The molecule has 1 aliphatic carbocycles. The highest BCUT2D eigenvalue weighted by atomic mass is 16.1. The standard InChI is InChI=1S/C9H9O/c1-2-9(10)8-6-4-3-5-7-8/h2-4,6-7H,1,5H2. The van der Waals surface area contributed by atoms with Gasteiger partial charge in [-0.05, 0) is 18.9 Å². The van der Waals surface area contributed by atoms with Crippen molar-refractivity contribution in [3.63, 3.8) is 0 Å². The number of allylic oxidation sites excluding steroid dienone is 5. The van der Waals surface area contributed by atoms with Crippen LogP contribution in [0.1, 0.15) is 6.42 Å². The van der Waals surface area contributed by atoms with Gasteiger partial charge < -0.3 is 0 Å². The van der Waals surface area contributed by atoms with E-state index in [1.165, 1.54) is 6.08 Å². The molecular weight excluding hydrogens is 124 g/mol. The first-order valence-electron chi connectivity index (χ1n) is 3.21. The summed E-state index contributed by atoms with van der Waals surface area (Å²) in [6.07, 6.45) is 9.76. The first kappa shape index (κ1) is 7.00. The molecule has 0 unspecified atom stereocenters. The van der Waals surface area contributed by atoms with Crippen molar-refractivity contribution >= 4 is 5.78 Å². The molecule has 0 heterocycles. The van der Waals surface area contributed by atoms with Crippen LogP contribution in [-0.2, 0) is 4.79 Å². The Hall–Kier alpha value is -1.11. The second-order valence-corrected chi connectivity index (χ2v) is 2.06. The van der Waals surface area contributed by atoms with E-state index in [9.17, 15) is 4.79 Å². The van der Waals surface area contributed by atoms with E-state index in [-0.39, 0.29) is 5.78 Å². The summed E-state index contributed by atoms with van der Waals surface area (Å²) in [6, 6.07) is 0. The lowest BCUT2D eigenvalue weighted by Crippen LogP contribution is -1.99. The zero-order valence-electron chi connectivity index (χ0n) is 5.71. The lowest BCUT2D eigenvalue weighted by atomic mass is 10.0. The molecule has 51 valence electrons. The van der Waals surface area contributed by atoms with Gasteiger partial charge in [0, 0.05) is 5.57 Å². The molecule has 0 atom stereocenters. The summed E-state index contributed by atoms with van der Waals surface area (Å²) in [4.78, 5) is 10.9. The molecule has 0 amide bonds. The maximum Gasteiger partial charge on any atom is 0.181 e. The normalized spacial score (nSPS) is 16.2. The van der Waals surface area contributed by atoms with Gasteiger partial charge in [0.15, 0.2) is 5.78 Å². The van der Waals surface area contributed by atoms with Gasteiger partial charge >= 0.3 is 0 Å². The predicted octanol–water partition coefficient (Wildman–Crippen LogP) is 1.83. The van der Waals surface area contributed by atoms with E-state index < -0.39 is 0 Å². The Kier molecular flexibility index (Phi) is 2.21. The minimum Gasteiger partial charge on any atom is -0.290 e. The second-order valence-electron chi connectivity index (χ2n) is 2.06. The van der Waals surface area contributed by atoms with Crippen LogP contribution in [0.2, 0.25) is 0 Å². The molecule has 1 radical (unpaired) electrons. The molecule has 0 fully saturated rings. The van der Waals surface area contributed by atoms with E-state index in [0.29, 0.717) is 0 Å². The van der Waals surface area contributed by atoms with Crippen LogP contribution in [0.3, 0.4) is 0 Å². The fourth-order valence-electron chi connectivity index (χ4n) is 0.814. The number of carbonyl (C=O) groups excluding carboxylic acids is 1. The molecule has 10 heavy (non-hydrogen) atoms. The molecule has 1 heteroatoms. The van der Waals surface area contributed by atoms with Gasteiger partial charge in [-0.3, -0.25) is 4.79 Å². The number of hydrogen-bond acceptors (Lipinski definition) is 1. The smallest absolute Gasteiger partial charge is 0.181 e. The van der Waals surface area contributed by atoms with Crippen molar-refractivity contribution in [1.82, 2.24) is 0 Å². The van der Waals surface area contributed by atoms with E-state index in [4.69, 9.17) is 0 Å². The average Bonchev–Trinajstić information content (AvgIpc) is 2.05. The highest BCUT2D eigenvalue weighted by molar-refractivity contribution is 6.05. The third-order valence-electron chi connectivity index (χ3n) is 1.36. The lowest BCUT2D eigenvalue weighted by Gasteiger charge is -2.02. The summed E-state index contributed by atoms with van der Waals surface area (Å²) >= 11 is 0. The van der Waals surface area contributed by atoms with Gasteiger partial charge in [0.1, 0.15) is 0 Å². The van der Waals surface area contributed by atoms with Crippen molar-refractivity contribution < 1.29 is 4.79 Å². The SMILES string of the molecule is C=CC(=O)C1=CC=CC[CH]1. The van der Waals surface area contributed by atoms with E-state index in [0.717, 1.165) is 12.0 Å². The topological polar surface area (TPSA) is 17.1 Å². The summed E-state index contributed by atoms with van der Waals surface area (Å²) in [7, 11) is 0. The Balaban J connectivity index is 2.71. The molecule has 0 N–H and O–H groups in total. The van der Waals surface area contributed by atoms with Crippen LogP contribution in [0.4, 0.5) is 0 Å². The van der Waals surface area contributed by atoms with Crippen molar-refractivity contribution in [2.24, 2.45) is 0 Å². The predicted molar refractivity (Wildman–Crippen MR) is 41.3 cm³/mol. The molecule has 0 saturated carbocycles. The third-order valence-corrected chi connectivity index (χ3v) is 1.36. The minimum absolute atomic E-state index is 0.00403. The highest BCUT2D eigenvalue weighted by Gasteiger charge is 2.05. The van der Waals surface area contributed by atoms with Crippen molar-refractivity contribution in [3.05, 3.63) is 42.9 Å². The lowest BCUT2D eigenvalue weighted by molar-refractivity contribution is -0.111. The van der Waals surface area contributed by atoms with Crippen LogP contribution in [0, 0.1) is 6.42 Å². The van der Waals surface area contributed by atoms with Crippen LogP contribution < -0.4 is 0 Å². The Morgan fingerprint density at radius 1 is 1.70 bits per heavy atom. The van der Waals surface area contributed by atoms with Gasteiger partial charge in [0.05, 0.1) is 0 Å².